The lowest BCUT2D eigenvalue weighted by Gasteiger charge is -2.43. The monoisotopic (exact) mass is 228 g/mol. The van der Waals surface area contributed by atoms with E-state index in [1.807, 2.05) is 0 Å². The number of nitrogens with zero attached hydrogens (tertiary/aromatic N) is 1. The SMILES string of the molecule is CC(CS(=O)(=O)O)(C(O)O)[N+](C)(C)C. The van der Waals surface area contributed by atoms with Crippen molar-refractivity contribution in [2.45, 2.75) is 18.8 Å². The van der Waals surface area contributed by atoms with Crippen molar-refractivity contribution in [3.05, 3.63) is 0 Å². The summed E-state index contributed by atoms with van der Waals surface area (Å²) in [6.07, 6.45) is -1.83. The van der Waals surface area contributed by atoms with Gasteiger partial charge in [0.1, 0.15) is 5.75 Å². The van der Waals surface area contributed by atoms with Crippen LogP contribution in [0.4, 0.5) is 0 Å². The van der Waals surface area contributed by atoms with E-state index < -0.39 is 27.7 Å². The Kier molecular flexibility index (Phi) is 3.69. The van der Waals surface area contributed by atoms with Crippen molar-refractivity contribution in [1.82, 2.24) is 0 Å². The molecule has 0 aliphatic rings. The highest BCUT2D eigenvalue weighted by molar-refractivity contribution is 7.85. The molecule has 7 heteroatoms. The molecule has 0 aliphatic carbocycles. The van der Waals surface area contributed by atoms with Gasteiger partial charge in [-0.05, 0) is 6.92 Å². The lowest BCUT2D eigenvalue weighted by atomic mass is 10.0. The van der Waals surface area contributed by atoms with Gasteiger partial charge in [0.2, 0.25) is 6.29 Å². The molecule has 14 heavy (non-hydrogen) atoms. The Morgan fingerprint density at radius 2 is 1.64 bits per heavy atom. The van der Waals surface area contributed by atoms with Crippen LogP contribution in [0.25, 0.3) is 0 Å². The number of hydrogen-bond donors (Lipinski definition) is 3. The average molecular weight is 228 g/mol. The quantitative estimate of drug-likeness (QED) is 0.314. The summed E-state index contributed by atoms with van der Waals surface area (Å²) in [5.74, 6) is -0.707. The first-order valence-corrected chi connectivity index (χ1v) is 5.64. The van der Waals surface area contributed by atoms with Gasteiger partial charge in [-0.1, -0.05) is 0 Å². The maximum absolute atomic E-state index is 10.7. The van der Waals surface area contributed by atoms with Gasteiger partial charge < -0.3 is 14.7 Å². The summed E-state index contributed by atoms with van der Waals surface area (Å²) < 4.78 is 30.2. The van der Waals surface area contributed by atoms with E-state index in [2.05, 4.69) is 0 Å². The largest absolute Gasteiger partial charge is 0.363 e. The molecule has 0 aromatic heterocycles. The minimum absolute atomic E-state index is 0.00442. The van der Waals surface area contributed by atoms with Crippen LogP contribution in [0.15, 0.2) is 0 Å². The van der Waals surface area contributed by atoms with Crippen molar-refractivity contribution >= 4 is 10.1 Å². The van der Waals surface area contributed by atoms with Crippen molar-refractivity contribution in [3.63, 3.8) is 0 Å². The fraction of sp³-hybridized carbons (Fsp3) is 1.00. The fourth-order valence-corrected chi connectivity index (χ4v) is 2.26. The Morgan fingerprint density at radius 3 is 1.71 bits per heavy atom. The Balaban J connectivity index is 5.14. The topological polar surface area (TPSA) is 94.8 Å². The van der Waals surface area contributed by atoms with Crippen molar-refractivity contribution in [3.8, 4) is 0 Å². The number of rotatable bonds is 4. The summed E-state index contributed by atoms with van der Waals surface area (Å²) in [5, 5.41) is 18.3. The molecule has 1 unspecified atom stereocenters. The average Bonchev–Trinajstić information content (AvgIpc) is 1.79. The molecule has 0 aliphatic heterocycles. The molecule has 0 saturated heterocycles. The predicted molar refractivity (Wildman–Crippen MR) is 51.1 cm³/mol. The minimum Gasteiger partial charge on any atom is -0.363 e. The highest BCUT2D eigenvalue weighted by Gasteiger charge is 2.47. The lowest BCUT2D eigenvalue weighted by molar-refractivity contribution is -0.926. The molecular weight excluding hydrogens is 210 g/mol. The molecule has 0 heterocycles. The maximum atomic E-state index is 10.7. The summed E-state index contributed by atoms with van der Waals surface area (Å²) >= 11 is 0. The van der Waals surface area contributed by atoms with Crippen LogP contribution in [0.2, 0.25) is 0 Å². The maximum Gasteiger partial charge on any atom is 0.271 e. The van der Waals surface area contributed by atoms with Gasteiger partial charge in [-0.2, -0.15) is 8.42 Å². The molecule has 3 N–H and O–H groups in total. The first-order chi connectivity index (χ1) is 5.90. The van der Waals surface area contributed by atoms with Crippen molar-refractivity contribution in [2.24, 2.45) is 0 Å². The normalized spacial score (nSPS) is 18.3. The van der Waals surface area contributed by atoms with E-state index in [1.165, 1.54) is 6.92 Å². The van der Waals surface area contributed by atoms with E-state index in [9.17, 15) is 8.42 Å². The van der Waals surface area contributed by atoms with E-state index in [1.54, 1.807) is 21.1 Å². The second-order valence-corrected chi connectivity index (χ2v) is 5.92. The Hall–Kier alpha value is -0.210. The van der Waals surface area contributed by atoms with Gasteiger partial charge >= 0.3 is 0 Å². The molecule has 0 fully saturated rings. The van der Waals surface area contributed by atoms with Crippen molar-refractivity contribution in [2.75, 3.05) is 26.9 Å². The third kappa shape index (κ3) is 3.18. The fourth-order valence-electron chi connectivity index (χ4n) is 0.984. The van der Waals surface area contributed by atoms with Gasteiger partial charge in [-0.3, -0.25) is 4.55 Å². The van der Waals surface area contributed by atoms with Gasteiger partial charge in [0.25, 0.3) is 10.1 Å². The Morgan fingerprint density at radius 1 is 1.29 bits per heavy atom. The third-order valence-electron chi connectivity index (χ3n) is 2.56. The van der Waals surface area contributed by atoms with Gasteiger partial charge in [0, 0.05) is 0 Å². The minimum atomic E-state index is -4.25. The Labute approximate surface area is 84.1 Å². The molecule has 0 aromatic rings. The van der Waals surface area contributed by atoms with E-state index in [0.717, 1.165) is 0 Å². The standard InChI is InChI=1S/C7H17NO5S/c1-7(6(9)10,8(2,3)4)5-14(11,12)13/h6,9-10H,5H2,1-4H3/p+1. The number of likely N-dealkylation sites (N-methyl/N-ethyl adjacent to an activating group) is 1. The molecule has 1 atom stereocenters. The number of quaternary nitrogens is 1. The summed E-state index contributed by atoms with van der Waals surface area (Å²) in [6.45, 7) is 1.38. The second-order valence-electron chi connectivity index (χ2n) is 4.47. The summed E-state index contributed by atoms with van der Waals surface area (Å²) in [4.78, 5) is 0. The highest BCUT2D eigenvalue weighted by atomic mass is 32.2. The van der Waals surface area contributed by atoms with Gasteiger partial charge in [0.05, 0.1) is 21.1 Å². The van der Waals surface area contributed by atoms with Crippen LogP contribution in [0.3, 0.4) is 0 Å². The molecule has 0 bridgehead atoms. The van der Waals surface area contributed by atoms with Crippen LogP contribution in [-0.2, 0) is 10.1 Å². The van der Waals surface area contributed by atoms with E-state index in [-0.39, 0.29) is 4.48 Å². The van der Waals surface area contributed by atoms with E-state index >= 15 is 0 Å². The second kappa shape index (κ2) is 3.74. The number of aliphatic hydroxyl groups is 2. The number of aliphatic hydroxyl groups excluding tert-OH is 1. The smallest absolute Gasteiger partial charge is 0.271 e. The molecule has 0 rings (SSSR count). The van der Waals surface area contributed by atoms with Gasteiger partial charge in [-0.15, -0.1) is 0 Å². The Bertz CT molecular complexity index is 292. The van der Waals surface area contributed by atoms with Crippen molar-refractivity contribution < 1.29 is 27.7 Å². The van der Waals surface area contributed by atoms with Crippen molar-refractivity contribution in [1.29, 1.82) is 0 Å². The summed E-state index contributed by atoms with van der Waals surface area (Å²) in [5.41, 5.74) is -1.37. The van der Waals surface area contributed by atoms with Gasteiger partial charge in [0.15, 0.2) is 5.54 Å². The van der Waals surface area contributed by atoms with Crippen LogP contribution in [0, 0.1) is 0 Å². The van der Waals surface area contributed by atoms with Crippen LogP contribution in [-0.4, -0.2) is 66.4 Å². The van der Waals surface area contributed by atoms with Crippen LogP contribution in [0.5, 0.6) is 0 Å². The molecule has 0 radical (unpaired) electrons. The zero-order valence-corrected chi connectivity index (χ0v) is 9.61. The highest BCUT2D eigenvalue weighted by Crippen LogP contribution is 2.23. The third-order valence-corrected chi connectivity index (χ3v) is 3.51. The molecule has 86 valence electrons. The molecular formula is C7H18NO5S+. The molecule has 0 saturated carbocycles. The first-order valence-electron chi connectivity index (χ1n) is 4.03. The molecule has 0 spiro atoms. The molecule has 6 nitrogen and oxygen atoms in total. The molecule has 0 amide bonds. The van der Waals surface area contributed by atoms with Crippen LogP contribution >= 0.6 is 0 Å². The van der Waals surface area contributed by atoms with Crippen LogP contribution in [0.1, 0.15) is 6.92 Å². The van der Waals surface area contributed by atoms with E-state index in [0.29, 0.717) is 0 Å². The van der Waals surface area contributed by atoms with Crippen LogP contribution < -0.4 is 0 Å². The first kappa shape index (κ1) is 13.8. The molecule has 0 aromatic carbocycles. The zero-order chi connectivity index (χ0) is 11.8. The predicted octanol–water partition coefficient (Wildman–Crippen LogP) is -1.35. The lowest BCUT2D eigenvalue weighted by Crippen LogP contribution is -2.65. The van der Waals surface area contributed by atoms with Gasteiger partial charge in [-0.25, -0.2) is 0 Å². The number of hydrogen-bond acceptors (Lipinski definition) is 4. The summed E-state index contributed by atoms with van der Waals surface area (Å²) in [6, 6.07) is 0. The zero-order valence-electron chi connectivity index (χ0n) is 8.80. The van der Waals surface area contributed by atoms with E-state index in [4.69, 9.17) is 14.8 Å². The summed E-state index contributed by atoms with van der Waals surface area (Å²) in [7, 11) is 0.602.